The molecule has 0 saturated carbocycles. The molecule has 4 N–H and O–H groups in total. The number of hydrogen-bond donors (Lipinski definition) is 4. The van der Waals surface area contributed by atoms with E-state index in [1.165, 1.54) is 67.6 Å². The number of rotatable bonds is 36. The summed E-state index contributed by atoms with van der Waals surface area (Å²) in [6.45, 7) is 30.2. The number of aromatic nitrogens is 4. The van der Waals surface area contributed by atoms with Crippen molar-refractivity contribution in [3.8, 4) is 0 Å². The molecule has 4 rings (SSSR count). The van der Waals surface area contributed by atoms with Crippen molar-refractivity contribution >= 4 is 112 Å². The molecule has 0 aliphatic carbocycles. The Morgan fingerprint density at radius 3 is 0.977 bits per heavy atom. The Morgan fingerprint density at radius 2 is 0.744 bits per heavy atom. The second kappa shape index (κ2) is 46.2. The highest BCUT2D eigenvalue weighted by atomic mass is 32.1. The van der Waals surface area contributed by atoms with Gasteiger partial charge in [0.2, 0.25) is 0 Å². The van der Waals surface area contributed by atoms with Crippen molar-refractivity contribution in [2.45, 2.75) is 199 Å². The van der Waals surface area contributed by atoms with E-state index < -0.39 is 36.4 Å². The first kappa shape index (κ1) is 84.1. The van der Waals surface area contributed by atoms with E-state index in [-0.39, 0.29) is 75.5 Å². The molecule has 0 aliphatic heterocycles. The molecule has 480 valence electrons. The Labute approximate surface area is 533 Å². The lowest BCUT2D eigenvalue weighted by Gasteiger charge is -2.34. The van der Waals surface area contributed by atoms with Crippen LogP contribution < -0.4 is 0 Å². The Kier molecular flexibility index (Phi) is 45.2. The van der Waals surface area contributed by atoms with E-state index in [2.05, 4.69) is 68.4 Å². The lowest BCUT2D eigenvalue weighted by atomic mass is 9.85. The van der Waals surface area contributed by atoms with E-state index in [1.54, 1.807) is 43.9 Å². The summed E-state index contributed by atoms with van der Waals surface area (Å²) in [5, 5.41) is 51.0. The maximum absolute atomic E-state index is 11.7. The summed E-state index contributed by atoms with van der Waals surface area (Å²) in [6, 6.07) is 0.268. The van der Waals surface area contributed by atoms with E-state index in [9.17, 15) is 49.2 Å². The number of carbonyl (C=O) groups is 6. The number of nitrogens with zero attached hydrogens (tertiary/aromatic N) is 8. The molecule has 0 unspecified atom stereocenters. The molecule has 4 aromatic heterocycles. The van der Waals surface area contributed by atoms with Gasteiger partial charge in [0.15, 0.2) is 11.4 Å². The van der Waals surface area contributed by atoms with Crippen LogP contribution in [0.15, 0.2) is 21.5 Å². The Balaban J connectivity index is 0. The third-order valence-corrected chi connectivity index (χ3v) is 17.3. The van der Waals surface area contributed by atoms with Crippen LogP contribution in [-0.4, -0.2) is 191 Å². The van der Waals surface area contributed by atoms with Crippen molar-refractivity contribution in [3.63, 3.8) is 0 Å². The fraction of sp³-hybridized carbons (Fsp3) is 0.690. The molecule has 0 spiro atoms. The first-order valence-electron chi connectivity index (χ1n) is 28.7. The smallest absolute Gasteiger partial charge is 0.357 e. The molecule has 4 aromatic rings. The molecule has 28 heteroatoms. The summed E-state index contributed by atoms with van der Waals surface area (Å²) in [6.07, 6.45) is 4.30. The van der Waals surface area contributed by atoms with Gasteiger partial charge >= 0.3 is 11.9 Å². The monoisotopic (exact) mass is 1270 g/mol. The third kappa shape index (κ3) is 30.5. The van der Waals surface area contributed by atoms with E-state index >= 15 is 0 Å². The number of thiazole rings is 4. The molecule has 8 atom stereocenters. The highest BCUT2D eigenvalue weighted by molar-refractivity contribution is 7.10. The molecule has 4 heterocycles. The van der Waals surface area contributed by atoms with Gasteiger partial charge in [0, 0.05) is 57.1 Å². The van der Waals surface area contributed by atoms with Crippen LogP contribution in [0, 0.1) is 37.5 Å². The van der Waals surface area contributed by atoms with Crippen LogP contribution in [0.5, 0.6) is 0 Å². The molecule has 0 saturated heterocycles. The number of esters is 2. The number of carbonyl (C=O) groups excluding carboxylic acids is 6. The zero-order valence-electron chi connectivity index (χ0n) is 52.2. The number of aryl methyl sites for hydroxylation is 2. The van der Waals surface area contributed by atoms with Gasteiger partial charge in [0.1, 0.15) is 44.4 Å². The van der Waals surface area contributed by atoms with Gasteiger partial charge in [0.05, 0.1) is 38.0 Å². The molecule has 0 fully saturated rings. The van der Waals surface area contributed by atoms with Crippen LogP contribution in [0.25, 0.3) is 0 Å². The van der Waals surface area contributed by atoms with E-state index in [0.717, 1.165) is 72.1 Å². The zero-order valence-corrected chi connectivity index (χ0v) is 55.5. The standard InChI is InChI=1S/C16H26BN2O4S.C14H22BN2O4S.C14H24BN2O2S.C12H20BN2O2S.2CH4/c1-5-7-19(17-10-20)13(11(3)4)8-14(21)15-18-12(9-24-15)16(22)23-6-2;1-5-21-14(20)10-7-22-13(16-10)12(19)6-11(9(2)3)17(4)15-8-18;1-5-6-17(15-9-18)12(10(2)3)7-13(19)14-16-11(4)8-20-14;1-8(2)10(15(4)13-7-16)5-11(17)12-14-9(3)6-18-12;;/h9-11,13-14,21H,5-8H2,1-4H3;7-9,11-12,19H,5-6H2,1-4H3;8-10,12-13,19H,5-7H2,1-4H3;6-8,10-11,17H,5H2,1-4H3;2*1H4/t13-,14-;11-,12-;12-,13+;10-,11+;;/m1100../s1. The molecule has 0 bridgehead atoms. The molecule has 0 amide bonds. The molecule has 0 aliphatic rings. The summed E-state index contributed by atoms with van der Waals surface area (Å²) in [4.78, 5) is 90.8. The highest BCUT2D eigenvalue weighted by Crippen LogP contribution is 2.31. The minimum atomic E-state index is -0.789. The Hall–Kier alpha value is -3.92. The minimum Gasteiger partial charge on any atom is -0.461 e. The first-order valence-corrected chi connectivity index (χ1v) is 32.2. The number of hydrogen-bond acceptors (Lipinski definition) is 24. The van der Waals surface area contributed by atoms with Gasteiger partial charge in [0.25, 0.3) is 29.7 Å². The summed E-state index contributed by atoms with van der Waals surface area (Å²) >= 11 is 5.44. The molecular formula is C58H100B4N8O12S4. The maximum atomic E-state index is 11.7. The van der Waals surface area contributed by atoms with E-state index in [4.69, 9.17) is 9.47 Å². The largest absolute Gasteiger partial charge is 0.461 e. The number of aliphatic hydroxyl groups is 4. The molecule has 4 radical (unpaired) electrons. The van der Waals surface area contributed by atoms with E-state index in [1.807, 2.05) is 66.9 Å². The number of ether oxygens (including phenoxy) is 2. The SMILES string of the molecule is C.C.CCCN([B]C=O)[C@@H](C[C@@H](O)c1nc(C)cs1)C(C)C.CCCN([B]C=O)[C@H](C[C@@H](O)c1nc(C(=O)OCC)cs1)C(C)C.CCOC(=O)c1csc([C@H](O)C[C@H](C(C)C)N(C)[B]C=O)n1.Cc1csc([C@H](O)C[C@@H](C(C)C)N(C)[B]C=O)n1. The van der Waals surface area contributed by atoms with Crippen molar-refractivity contribution < 1.29 is 58.7 Å². The summed E-state index contributed by atoms with van der Waals surface area (Å²) in [5.41, 5.74) is 2.31. The minimum absolute atomic E-state index is 0. The van der Waals surface area contributed by atoms with Gasteiger partial charge in [-0.25, -0.2) is 29.5 Å². The van der Waals surface area contributed by atoms with Crippen LogP contribution in [0.1, 0.15) is 213 Å². The van der Waals surface area contributed by atoms with Gasteiger partial charge in [-0.3, -0.25) is 0 Å². The third-order valence-electron chi connectivity index (χ3n) is 13.3. The van der Waals surface area contributed by atoms with Gasteiger partial charge < -0.3 is 68.3 Å². The van der Waals surface area contributed by atoms with Gasteiger partial charge in [-0.2, -0.15) is 0 Å². The molecular weight excluding hydrogens is 1170 g/mol. The normalized spacial score (nSPS) is 13.9. The van der Waals surface area contributed by atoms with Crippen molar-refractivity contribution in [2.24, 2.45) is 23.7 Å². The van der Waals surface area contributed by atoms with Crippen LogP contribution >= 0.6 is 45.3 Å². The predicted molar refractivity (Wildman–Crippen MR) is 356 cm³/mol. The topological polar surface area (TPSA) is 266 Å². The van der Waals surface area contributed by atoms with E-state index in [0.29, 0.717) is 47.5 Å². The predicted octanol–water partition coefficient (Wildman–Crippen LogP) is 9.13. The molecule has 20 nitrogen and oxygen atoms in total. The first-order chi connectivity index (χ1) is 39.8. The lowest BCUT2D eigenvalue weighted by Crippen LogP contribution is -2.43. The fourth-order valence-corrected chi connectivity index (χ4v) is 12.2. The number of aliphatic hydroxyl groups excluding tert-OH is 4. The van der Waals surface area contributed by atoms with Crippen molar-refractivity contribution in [2.75, 3.05) is 40.4 Å². The molecule has 86 heavy (non-hydrogen) atoms. The average molecular weight is 1270 g/mol. The van der Waals surface area contributed by atoms with Crippen molar-refractivity contribution in [3.05, 3.63) is 64.3 Å². The van der Waals surface area contributed by atoms with Gasteiger partial charge in [-0.1, -0.05) is 84.1 Å². The highest BCUT2D eigenvalue weighted by Gasteiger charge is 2.30. The zero-order chi connectivity index (χ0) is 63.6. The molecule has 0 aromatic carbocycles. The summed E-state index contributed by atoms with van der Waals surface area (Å²) in [7, 11) is 9.74. The van der Waals surface area contributed by atoms with Crippen LogP contribution in [0.4, 0.5) is 0 Å². The fourth-order valence-electron chi connectivity index (χ4n) is 9.03. The average Bonchev–Trinajstić information content (AvgIpc) is 3.89. The van der Waals surface area contributed by atoms with Crippen molar-refractivity contribution in [1.82, 2.24) is 39.2 Å². The Morgan fingerprint density at radius 1 is 0.477 bits per heavy atom. The van der Waals surface area contributed by atoms with Crippen LogP contribution in [-0.2, 0) is 28.7 Å². The second-order valence-corrected chi connectivity index (χ2v) is 25.0. The second-order valence-electron chi connectivity index (χ2n) is 21.4. The lowest BCUT2D eigenvalue weighted by molar-refractivity contribution is 0.0509. The Bertz CT molecular complexity index is 2470. The van der Waals surface area contributed by atoms with Crippen molar-refractivity contribution in [1.29, 1.82) is 0 Å². The van der Waals surface area contributed by atoms with Gasteiger partial charge in [-0.05, 0) is 117 Å². The summed E-state index contributed by atoms with van der Waals surface area (Å²) < 4.78 is 9.80. The van der Waals surface area contributed by atoms with Crippen LogP contribution in [0.3, 0.4) is 0 Å². The van der Waals surface area contributed by atoms with Crippen LogP contribution in [0.2, 0.25) is 0 Å². The maximum Gasteiger partial charge on any atom is 0.357 e. The quantitative estimate of drug-likeness (QED) is 0.0188. The summed E-state index contributed by atoms with van der Waals surface area (Å²) in [5.74, 6) is 0.251. The van der Waals surface area contributed by atoms with Gasteiger partial charge in [-0.15, -0.1) is 45.3 Å².